The zero-order chi connectivity index (χ0) is 48.8. The molecule has 1 aliphatic rings. The van der Waals surface area contributed by atoms with Gasteiger partial charge in [-0.05, 0) is 112 Å². The van der Waals surface area contributed by atoms with Crippen LogP contribution < -0.4 is 14.5 Å². The largest absolute Gasteiger partial charge is 0.517 e. The molecule has 0 saturated heterocycles. The summed E-state index contributed by atoms with van der Waals surface area (Å²) in [6.45, 7) is 14.1. The van der Waals surface area contributed by atoms with Gasteiger partial charge in [-0.15, -0.1) is 28.8 Å². The maximum atomic E-state index is 8.79. The standard InChI is InChI=1S/C60H55N4O.Pt/c1-42(2)35-47-22-15-24-51(45-20-10-7-11-21-45)52(47)25-16-34-62-41-63(57-27-13-12-26-56(57)62)49-23-14-17-43(36-49)40-65-50-29-30-53-54-37-46(44-18-8-6-9-19-44)28-31-55(54)64(58(53)39-50)59-38-48(32-33-61-59)60(3,4)5;/h6-15,17-24,26-33,37-38,41-42H,16,25,34-35,40H2,1-5H3;/q-3;/i7D,10D,11D,20D,21D;. The maximum Gasteiger partial charge on any atom is 0.135 e. The Bertz CT molecular complexity index is 3390. The predicted octanol–water partition coefficient (Wildman–Crippen LogP) is 14.9. The van der Waals surface area contributed by atoms with Crippen LogP contribution in [0.5, 0.6) is 5.75 Å². The second-order valence-corrected chi connectivity index (χ2v) is 18.3. The van der Waals surface area contributed by atoms with Crippen LogP contribution in [0.1, 0.15) is 70.1 Å². The minimum absolute atomic E-state index is 0. The molecular formula is C60H55N4OPt-3. The molecule has 0 atom stereocenters. The Balaban J connectivity index is 0.00000624. The smallest absolute Gasteiger partial charge is 0.135 e. The number of rotatable bonds is 13. The fourth-order valence-corrected chi connectivity index (χ4v) is 9.10. The number of para-hydroxylation sites is 2. The molecule has 66 heavy (non-hydrogen) atoms. The second-order valence-electron chi connectivity index (χ2n) is 18.3. The van der Waals surface area contributed by atoms with Crippen LogP contribution in [0.2, 0.25) is 0 Å². The summed E-state index contributed by atoms with van der Waals surface area (Å²) in [5.41, 5.74) is 12.4. The number of fused-ring (bicyclic) bond motifs is 4. The first-order valence-corrected chi connectivity index (χ1v) is 22.6. The van der Waals surface area contributed by atoms with E-state index in [0.717, 1.165) is 85.3 Å². The number of ether oxygens (including phenoxy) is 1. The van der Waals surface area contributed by atoms with Gasteiger partial charge in [0.15, 0.2) is 0 Å². The molecule has 0 amide bonds. The van der Waals surface area contributed by atoms with E-state index in [1.165, 1.54) is 5.56 Å². The molecule has 7 aromatic carbocycles. The Morgan fingerprint density at radius 3 is 2.33 bits per heavy atom. The number of nitrogens with zero attached hydrogens (tertiary/aromatic N) is 4. The van der Waals surface area contributed by atoms with Crippen LogP contribution in [0.25, 0.3) is 49.9 Å². The third-order valence-electron chi connectivity index (χ3n) is 12.3. The van der Waals surface area contributed by atoms with E-state index >= 15 is 0 Å². The van der Waals surface area contributed by atoms with Crippen LogP contribution in [-0.4, -0.2) is 16.1 Å². The van der Waals surface area contributed by atoms with Crippen LogP contribution in [0, 0.1) is 24.7 Å². The van der Waals surface area contributed by atoms with Gasteiger partial charge in [-0.1, -0.05) is 143 Å². The van der Waals surface area contributed by atoms with E-state index in [0.29, 0.717) is 30.2 Å². The third kappa shape index (κ3) is 9.20. The number of anilines is 3. The summed E-state index contributed by atoms with van der Waals surface area (Å²) in [5, 5.41) is 2.19. The molecule has 0 N–H and O–H groups in total. The summed E-state index contributed by atoms with van der Waals surface area (Å²) in [5.74, 6) is 1.83. The Hall–Kier alpha value is -6.42. The molecule has 3 heterocycles. The summed E-state index contributed by atoms with van der Waals surface area (Å²) in [6, 6.07) is 51.9. The van der Waals surface area contributed by atoms with Gasteiger partial charge in [-0.2, -0.15) is 37.0 Å². The zero-order valence-electron chi connectivity index (χ0n) is 43.0. The van der Waals surface area contributed by atoms with Gasteiger partial charge < -0.3 is 19.1 Å². The van der Waals surface area contributed by atoms with Crippen molar-refractivity contribution in [2.75, 3.05) is 16.3 Å². The van der Waals surface area contributed by atoms with Crippen molar-refractivity contribution in [1.29, 1.82) is 0 Å². The molecular weight excluding hydrogens is 988 g/mol. The van der Waals surface area contributed by atoms with Crippen LogP contribution in [0.3, 0.4) is 0 Å². The molecule has 5 nitrogen and oxygen atoms in total. The average molecular weight is 1050 g/mol. The fraction of sp³-hybridized carbons (Fsp3) is 0.200. The molecule has 0 spiro atoms. The number of pyridine rings is 1. The van der Waals surface area contributed by atoms with Gasteiger partial charge >= 0.3 is 0 Å². The first-order chi connectivity index (χ1) is 33.7. The number of aromatic nitrogens is 2. The molecule has 6 heteroatoms. The topological polar surface area (TPSA) is 33.5 Å². The Labute approximate surface area is 412 Å². The summed E-state index contributed by atoms with van der Waals surface area (Å²) in [7, 11) is 0. The Morgan fingerprint density at radius 2 is 1.53 bits per heavy atom. The first-order valence-electron chi connectivity index (χ1n) is 25.1. The fourth-order valence-electron chi connectivity index (χ4n) is 9.10. The van der Waals surface area contributed by atoms with E-state index < -0.39 is 0 Å². The van der Waals surface area contributed by atoms with Crippen LogP contribution >= 0.6 is 0 Å². The predicted molar refractivity (Wildman–Crippen MR) is 270 cm³/mol. The normalized spacial score (nSPS) is 13.6. The molecule has 0 unspecified atom stereocenters. The summed E-state index contributed by atoms with van der Waals surface area (Å²) in [4.78, 5) is 9.33. The van der Waals surface area contributed by atoms with E-state index in [1.54, 1.807) is 0 Å². The molecule has 0 radical (unpaired) electrons. The Morgan fingerprint density at radius 1 is 0.742 bits per heavy atom. The molecule has 0 aliphatic carbocycles. The number of hydrogen-bond donors (Lipinski definition) is 0. The number of hydrogen-bond acceptors (Lipinski definition) is 4. The summed E-state index contributed by atoms with van der Waals surface area (Å²) < 4.78 is 51.3. The van der Waals surface area contributed by atoms with Gasteiger partial charge in [0.2, 0.25) is 0 Å². The second kappa shape index (κ2) is 19.2. The van der Waals surface area contributed by atoms with E-state index in [-0.39, 0.29) is 68.9 Å². The van der Waals surface area contributed by atoms with Crippen molar-refractivity contribution < 1.29 is 32.7 Å². The van der Waals surface area contributed by atoms with Crippen molar-refractivity contribution in [1.82, 2.24) is 9.55 Å². The van der Waals surface area contributed by atoms with Gasteiger partial charge in [0, 0.05) is 49.9 Å². The van der Waals surface area contributed by atoms with Crippen molar-refractivity contribution >= 4 is 38.9 Å². The van der Waals surface area contributed by atoms with Crippen molar-refractivity contribution in [3.05, 3.63) is 211 Å². The summed E-state index contributed by atoms with van der Waals surface area (Å²) in [6.07, 6.45) is 4.15. The van der Waals surface area contributed by atoms with E-state index in [4.69, 9.17) is 16.6 Å². The molecule has 1 aliphatic heterocycles. The zero-order valence-corrected chi connectivity index (χ0v) is 40.3. The van der Waals surface area contributed by atoms with E-state index in [2.05, 4.69) is 159 Å². The number of benzene rings is 7. The van der Waals surface area contributed by atoms with Crippen molar-refractivity contribution in [2.24, 2.45) is 5.92 Å². The molecule has 2 aromatic heterocycles. The SMILES string of the molecule is [2H]c1c([2H])c([2H])c(-c2cccc(CC(C)C)c2CCCN2[CH-]N(c3[c-]c(COc4[c-]c5c(cc4)c4cc(-c6ccccc6)ccc4n5-c4cc(C(C)(C)C)ccn4)ccc3)c3ccccc32)c([2H])c1[2H].[Pt]. The van der Waals surface area contributed by atoms with Gasteiger partial charge in [0.05, 0.1) is 13.5 Å². The third-order valence-corrected chi connectivity index (χ3v) is 12.3. The first kappa shape index (κ1) is 38.8. The van der Waals surface area contributed by atoms with Crippen molar-refractivity contribution in [3.63, 3.8) is 0 Å². The monoisotopic (exact) mass is 1050 g/mol. The molecule has 9 aromatic rings. The molecule has 334 valence electrons. The molecule has 10 rings (SSSR count). The van der Waals surface area contributed by atoms with Crippen molar-refractivity contribution in [3.8, 4) is 33.8 Å². The van der Waals surface area contributed by atoms with Crippen LogP contribution in [0.4, 0.5) is 17.1 Å². The average Bonchev–Trinajstić information content (AvgIpc) is 3.90. The van der Waals surface area contributed by atoms with Crippen LogP contribution in [-0.2, 0) is 45.9 Å². The maximum absolute atomic E-state index is 8.79. The van der Waals surface area contributed by atoms with Crippen molar-refractivity contribution in [2.45, 2.75) is 65.9 Å². The van der Waals surface area contributed by atoms with E-state index in [1.807, 2.05) is 48.7 Å². The van der Waals surface area contributed by atoms with Gasteiger partial charge in [0.25, 0.3) is 0 Å². The molecule has 0 fully saturated rings. The Kier molecular flexibility index (Phi) is 11.3. The minimum atomic E-state index is -0.382. The van der Waals surface area contributed by atoms with Gasteiger partial charge in [0.1, 0.15) is 5.82 Å². The van der Waals surface area contributed by atoms with E-state index in [9.17, 15) is 0 Å². The minimum Gasteiger partial charge on any atom is -0.517 e. The van der Waals surface area contributed by atoms with Gasteiger partial charge in [-0.25, -0.2) is 4.98 Å². The summed E-state index contributed by atoms with van der Waals surface area (Å²) >= 11 is 0. The molecule has 0 saturated carbocycles. The van der Waals surface area contributed by atoms with Gasteiger partial charge in [-0.3, -0.25) is 0 Å². The quantitative estimate of drug-likeness (QED) is 0.108. The van der Waals surface area contributed by atoms with Crippen LogP contribution in [0.15, 0.2) is 170 Å². The molecule has 0 bridgehead atoms.